The minimum absolute atomic E-state index is 0.283. The zero-order valence-electron chi connectivity index (χ0n) is 16.7. The summed E-state index contributed by atoms with van der Waals surface area (Å²) in [7, 11) is 1.28. The summed E-state index contributed by atoms with van der Waals surface area (Å²) in [5, 5.41) is 2.57. The van der Waals surface area contributed by atoms with E-state index in [2.05, 4.69) is 5.32 Å². The smallest absolute Gasteiger partial charge is 0.408 e. The van der Waals surface area contributed by atoms with Crippen LogP contribution in [0.15, 0.2) is 54.6 Å². The van der Waals surface area contributed by atoms with E-state index in [1.165, 1.54) is 7.11 Å². The Bertz CT molecular complexity index is 766. The summed E-state index contributed by atoms with van der Waals surface area (Å²) in [4.78, 5) is 24.0. The highest BCUT2D eigenvalue weighted by Gasteiger charge is 2.25. The van der Waals surface area contributed by atoms with E-state index in [0.29, 0.717) is 6.61 Å². The van der Waals surface area contributed by atoms with Gasteiger partial charge in [-0.15, -0.1) is 0 Å². The molecular weight excluding hydrogens is 358 g/mol. The number of benzene rings is 2. The first-order chi connectivity index (χ1) is 13.3. The zero-order chi connectivity index (χ0) is 20.6. The van der Waals surface area contributed by atoms with Crippen molar-refractivity contribution < 1.29 is 23.8 Å². The van der Waals surface area contributed by atoms with E-state index in [1.807, 2.05) is 54.6 Å². The predicted molar refractivity (Wildman–Crippen MR) is 106 cm³/mol. The lowest BCUT2D eigenvalue weighted by Gasteiger charge is -2.22. The van der Waals surface area contributed by atoms with Gasteiger partial charge in [0, 0.05) is 6.42 Å². The lowest BCUT2D eigenvalue weighted by atomic mass is 10.1. The highest BCUT2D eigenvalue weighted by molar-refractivity contribution is 5.81. The summed E-state index contributed by atoms with van der Waals surface area (Å²) in [5.74, 6) is 0.192. The molecule has 6 nitrogen and oxygen atoms in total. The molecule has 0 spiro atoms. The average molecular weight is 385 g/mol. The van der Waals surface area contributed by atoms with Crippen molar-refractivity contribution in [1.82, 2.24) is 5.32 Å². The Morgan fingerprint density at radius 1 is 0.964 bits per heavy atom. The number of hydrogen-bond donors (Lipinski definition) is 1. The van der Waals surface area contributed by atoms with Crippen molar-refractivity contribution in [3.05, 3.63) is 65.7 Å². The molecule has 0 fully saturated rings. The third kappa shape index (κ3) is 7.31. The fraction of sp³-hybridized carbons (Fsp3) is 0.364. The van der Waals surface area contributed by atoms with Crippen molar-refractivity contribution in [3.63, 3.8) is 0 Å². The zero-order valence-corrected chi connectivity index (χ0v) is 16.7. The number of alkyl carbamates (subject to hydrolysis) is 1. The van der Waals surface area contributed by atoms with Crippen molar-refractivity contribution in [1.29, 1.82) is 0 Å². The molecule has 0 saturated carbocycles. The monoisotopic (exact) mass is 385 g/mol. The molecule has 1 atom stereocenters. The first-order valence-corrected chi connectivity index (χ1v) is 9.10. The summed E-state index contributed by atoms with van der Waals surface area (Å²) in [6, 6.07) is 16.4. The van der Waals surface area contributed by atoms with Gasteiger partial charge in [-0.3, -0.25) is 0 Å². The van der Waals surface area contributed by atoms with Crippen LogP contribution in [-0.2, 0) is 27.3 Å². The second-order valence-corrected chi connectivity index (χ2v) is 7.34. The fourth-order valence-electron chi connectivity index (χ4n) is 2.48. The highest BCUT2D eigenvalue weighted by atomic mass is 16.6. The quantitative estimate of drug-likeness (QED) is 0.733. The van der Waals surface area contributed by atoms with Crippen molar-refractivity contribution in [2.24, 2.45) is 0 Å². The van der Waals surface area contributed by atoms with Gasteiger partial charge in [0.05, 0.1) is 7.11 Å². The number of carbonyl (C=O) groups excluding carboxylic acids is 2. The molecule has 1 unspecified atom stereocenters. The summed E-state index contributed by atoms with van der Waals surface area (Å²) >= 11 is 0. The van der Waals surface area contributed by atoms with Gasteiger partial charge < -0.3 is 19.5 Å². The number of esters is 1. The molecule has 2 aromatic rings. The lowest BCUT2D eigenvalue weighted by Crippen LogP contribution is -2.45. The first-order valence-electron chi connectivity index (χ1n) is 9.10. The van der Waals surface area contributed by atoms with Gasteiger partial charge in [0.25, 0.3) is 0 Å². The van der Waals surface area contributed by atoms with Gasteiger partial charge >= 0.3 is 12.1 Å². The van der Waals surface area contributed by atoms with E-state index >= 15 is 0 Å². The average Bonchev–Trinajstić information content (AvgIpc) is 2.65. The molecule has 0 aliphatic heterocycles. The van der Waals surface area contributed by atoms with Gasteiger partial charge in [-0.2, -0.15) is 0 Å². The van der Waals surface area contributed by atoms with Gasteiger partial charge in [-0.25, -0.2) is 9.59 Å². The molecule has 6 heteroatoms. The lowest BCUT2D eigenvalue weighted by molar-refractivity contribution is -0.143. The standard InChI is InChI=1S/C22H27NO5/c1-22(2,3)28-21(25)23-19(20(24)26-4)14-16-10-12-18(13-11-16)27-15-17-8-6-5-7-9-17/h5-13,19H,14-15H2,1-4H3,(H,23,25). The van der Waals surface area contributed by atoms with Gasteiger partial charge in [-0.05, 0) is 44.0 Å². The Labute approximate surface area is 165 Å². The first kappa shape index (κ1) is 21.3. The summed E-state index contributed by atoms with van der Waals surface area (Å²) in [6.45, 7) is 5.75. The van der Waals surface area contributed by atoms with E-state index in [-0.39, 0.29) is 6.42 Å². The molecule has 0 saturated heterocycles. The number of amides is 1. The maximum Gasteiger partial charge on any atom is 0.408 e. The molecule has 0 bridgehead atoms. The van der Waals surface area contributed by atoms with Crippen LogP contribution in [0.25, 0.3) is 0 Å². The topological polar surface area (TPSA) is 73.9 Å². The van der Waals surface area contributed by atoms with Crippen LogP contribution in [-0.4, -0.2) is 30.8 Å². The second-order valence-electron chi connectivity index (χ2n) is 7.34. The molecule has 2 aromatic carbocycles. The van der Waals surface area contributed by atoms with Gasteiger partial charge in [0.15, 0.2) is 0 Å². The molecule has 28 heavy (non-hydrogen) atoms. The van der Waals surface area contributed by atoms with Crippen LogP contribution >= 0.6 is 0 Å². The number of rotatable bonds is 7. The predicted octanol–water partition coefficient (Wildman–Crippen LogP) is 3.87. The van der Waals surface area contributed by atoms with Crippen molar-refractivity contribution in [2.45, 2.75) is 45.4 Å². The SMILES string of the molecule is COC(=O)C(Cc1ccc(OCc2ccccc2)cc1)NC(=O)OC(C)(C)C. The van der Waals surface area contributed by atoms with Crippen LogP contribution in [0.4, 0.5) is 4.79 Å². The molecule has 0 aliphatic carbocycles. The maximum absolute atomic E-state index is 12.0. The van der Waals surface area contributed by atoms with Crippen molar-refractivity contribution in [3.8, 4) is 5.75 Å². The van der Waals surface area contributed by atoms with Crippen molar-refractivity contribution >= 4 is 12.1 Å². The highest BCUT2D eigenvalue weighted by Crippen LogP contribution is 2.16. The molecule has 1 amide bonds. The van der Waals surface area contributed by atoms with Crippen molar-refractivity contribution in [2.75, 3.05) is 7.11 Å². The minimum atomic E-state index is -0.837. The summed E-state index contributed by atoms with van der Waals surface area (Å²) in [6.07, 6.45) is -0.379. The number of methoxy groups -OCH3 is 1. The van der Waals surface area contributed by atoms with E-state index in [0.717, 1.165) is 16.9 Å². The molecule has 0 radical (unpaired) electrons. The number of hydrogen-bond acceptors (Lipinski definition) is 5. The Morgan fingerprint density at radius 3 is 2.18 bits per heavy atom. The third-order valence-corrected chi connectivity index (χ3v) is 3.79. The van der Waals surface area contributed by atoms with Crippen LogP contribution in [0.5, 0.6) is 5.75 Å². The molecule has 2 rings (SSSR count). The van der Waals surface area contributed by atoms with Gasteiger partial charge in [-0.1, -0.05) is 42.5 Å². The van der Waals surface area contributed by atoms with E-state index in [4.69, 9.17) is 14.2 Å². The molecule has 0 aromatic heterocycles. The summed E-state index contributed by atoms with van der Waals surface area (Å²) in [5.41, 5.74) is 1.29. The van der Waals surface area contributed by atoms with Crippen LogP contribution in [0.2, 0.25) is 0 Å². The van der Waals surface area contributed by atoms with E-state index in [1.54, 1.807) is 20.8 Å². The number of carbonyl (C=O) groups is 2. The van der Waals surface area contributed by atoms with Crippen LogP contribution < -0.4 is 10.1 Å². The van der Waals surface area contributed by atoms with Gasteiger partial charge in [0.1, 0.15) is 24.0 Å². The Hall–Kier alpha value is -3.02. The number of nitrogens with one attached hydrogen (secondary N) is 1. The Morgan fingerprint density at radius 2 is 1.61 bits per heavy atom. The van der Waals surface area contributed by atoms with Crippen LogP contribution in [0.1, 0.15) is 31.9 Å². The van der Waals surface area contributed by atoms with Gasteiger partial charge in [0.2, 0.25) is 0 Å². The summed E-state index contributed by atoms with van der Waals surface area (Å²) < 4.78 is 15.8. The second kappa shape index (κ2) is 9.78. The van der Waals surface area contributed by atoms with E-state index < -0.39 is 23.7 Å². The Balaban J connectivity index is 1.96. The van der Waals surface area contributed by atoms with E-state index in [9.17, 15) is 9.59 Å². The molecular formula is C22H27NO5. The molecule has 150 valence electrons. The largest absolute Gasteiger partial charge is 0.489 e. The number of ether oxygens (including phenoxy) is 3. The molecule has 0 aliphatic rings. The minimum Gasteiger partial charge on any atom is -0.489 e. The fourth-order valence-corrected chi connectivity index (χ4v) is 2.48. The molecule has 1 N–H and O–H groups in total. The molecule has 0 heterocycles. The third-order valence-electron chi connectivity index (χ3n) is 3.79. The van der Waals surface area contributed by atoms with Crippen LogP contribution in [0.3, 0.4) is 0 Å². The maximum atomic E-state index is 12.0. The Kier molecular flexibility index (Phi) is 7.44. The van der Waals surface area contributed by atoms with Crippen LogP contribution in [0, 0.1) is 0 Å². The normalized spacial score (nSPS) is 12.0.